The molecule has 0 spiro atoms. The number of carbonyl (C=O) groups excluding carboxylic acids is 2. The summed E-state index contributed by atoms with van der Waals surface area (Å²) in [4.78, 5) is 27.6. The average molecular weight is 301 g/mol. The van der Waals surface area contributed by atoms with Crippen LogP contribution >= 0.6 is 11.3 Å². The van der Waals surface area contributed by atoms with Crippen LogP contribution in [0.3, 0.4) is 0 Å². The highest BCUT2D eigenvalue weighted by Gasteiger charge is 2.05. The Labute approximate surface area is 126 Å². The van der Waals surface area contributed by atoms with Crippen molar-refractivity contribution in [3.8, 4) is 0 Å². The lowest BCUT2D eigenvalue weighted by atomic mass is 10.2. The molecule has 2 amide bonds. The van der Waals surface area contributed by atoms with Crippen LogP contribution in [0.5, 0.6) is 0 Å². The highest BCUT2D eigenvalue weighted by atomic mass is 32.1. The van der Waals surface area contributed by atoms with E-state index in [9.17, 15) is 9.59 Å². The van der Waals surface area contributed by atoms with Gasteiger partial charge in [0.15, 0.2) is 0 Å². The monoisotopic (exact) mass is 301 g/mol. The number of hydrogen-bond acceptors (Lipinski definition) is 4. The molecule has 0 aliphatic rings. The molecule has 0 unspecified atom stereocenters. The largest absolute Gasteiger partial charge is 0.355 e. The summed E-state index contributed by atoms with van der Waals surface area (Å²) in [5.41, 5.74) is 1.82. The van der Waals surface area contributed by atoms with E-state index in [4.69, 9.17) is 0 Å². The van der Waals surface area contributed by atoms with Gasteiger partial charge in [0, 0.05) is 29.8 Å². The zero-order chi connectivity index (χ0) is 15.2. The van der Waals surface area contributed by atoms with Crippen LogP contribution in [0.15, 0.2) is 35.7 Å². The highest BCUT2D eigenvalue weighted by Crippen LogP contribution is 2.12. The summed E-state index contributed by atoms with van der Waals surface area (Å²) in [6.45, 7) is 1.91. The van der Waals surface area contributed by atoms with E-state index in [-0.39, 0.29) is 11.8 Å². The van der Waals surface area contributed by atoms with Gasteiger partial charge in [0.1, 0.15) is 0 Å². The number of aryl methyl sites for hydroxylation is 1. The summed E-state index contributed by atoms with van der Waals surface area (Å²) in [5, 5.41) is 8.08. The third-order valence-corrected chi connectivity index (χ3v) is 3.45. The third kappa shape index (κ3) is 4.25. The summed E-state index contributed by atoms with van der Waals surface area (Å²) in [6, 6.07) is 6.75. The van der Waals surface area contributed by atoms with Crippen LogP contribution in [0, 0.1) is 6.92 Å². The molecule has 1 aromatic carbocycles. The second-order valence-electron chi connectivity index (χ2n) is 4.27. The smallest absolute Gasteiger partial charge is 0.251 e. The van der Waals surface area contributed by atoms with Gasteiger partial charge in [0.25, 0.3) is 5.91 Å². The predicted molar refractivity (Wildman–Crippen MR) is 84.3 cm³/mol. The van der Waals surface area contributed by atoms with E-state index in [0.717, 1.165) is 10.7 Å². The molecular weight excluding hydrogens is 286 g/mol. The van der Waals surface area contributed by atoms with E-state index in [0.29, 0.717) is 11.3 Å². The Morgan fingerprint density at radius 2 is 2.14 bits per heavy atom. The van der Waals surface area contributed by atoms with Crippen molar-refractivity contribution in [2.75, 3.05) is 12.4 Å². The minimum Gasteiger partial charge on any atom is -0.355 e. The number of rotatable bonds is 4. The molecule has 5 nitrogen and oxygen atoms in total. The first kappa shape index (κ1) is 14.9. The molecule has 1 aromatic heterocycles. The van der Waals surface area contributed by atoms with Crippen LogP contribution in [0.1, 0.15) is 21.1 Å². The normalized spacial score (nSPS) is 10.6. The fourth-order valence-electron chi connectivity index (χ4n) is 1.68. The van der Waals surface area contributed by atoms with Crippen LogP contribution in [0.25, 0.3) is 6.08 Å². The Balaban J connectivity index is 2.02. The van der Waals surface area contributed by atoms with Gasteiger partial charge in [-0.1, -0.05) is 6.07 Å². The van der Waals surface area contributed by atoms with E-state index in [2.05, 4.69) is 15.6 Å². The molecule has 0 saturated carbocycles. The van der Waals surface area contributed by atoms with Crippen molar-refractivity contribution in [3.05, 3.63) is 52.0 Å². The van der Waals surface area contributed by atoms with Crippen LogP contribution < -0.4 is 10.6 Å². The van der Waals surface area contributed by atoms with Crippen molar-refractivity contribution in [1.29, 1.82) is 0 Å². The van der Waals surface area contributed by atoms with Crippen LogP contribution in [0.4, 0.5) is 5.69 Å². The molecule has 0 aliphatic carbocycles. The van der Waals surface area contributed by atoms with Gasteiger partial charge < -0.3 is 10.6 Å². The van der Waals surface area contributed by atoms with Gasteiger partial charge in [-0.05, 0) is 31.2 Å². The molecule has 108 valence electrons. The van der Waals surface area contributed by atoms with Crippen molar-refractivity contribution < 1.29 is 9.59 Å². The molecule has 21 heavy (non-hydrogen) atoms. The maximum atomic E-state index is 11.8. The number of hydrogen-bond donors (Lipinski definition) is 2. The van der Waals surface area contributed by atoms with Gasteiger partial charge in [-0.15, -0.1) is 11.3 Å². The molecule has 2 N–H and O–H groups in total. The molecule has 0 aliphatic heterocycles. The fourth-order valence-corrected chi connectivity index (χ4v) is 2.26. The van der Waals surface area contributed by atoms with Crippen LogP contribution in [0.2, 0.25) is 0 Å². The maximum absolute atomic E-state index is 11.8. The molecule has 0 radical (unpaired) electrons. The topological polar surface area (TPSA) is 71.1 Å². The first-order valence-electron chi connectivity index (χ1n) is 6.32. The number of anilines is 1. The summed E-state index contributed by atoms with van der Waals surface area (Å²) < 4.78 is 0. The van der Waals surface area contributed by atoms with Crippen molar-refractivity contribution >= 4 is 34.9 Å². The molecular formula is C15H15N3O2S. The van der Waals surface area contributed by atoms with Crippen LogP contribution in [-0.2, 0) is 4.79 Å². The maximum Gasteiger partial charge on any atom is 0.251 e. The van der Waals surface area contributed by atoms with Gasteiger partial charge >= 0.3 is 0 Å². The number of nitrogens with zero attached hydrogens (tertiary/aromatic N) is 1. The van der Waals surface area contributed by atoms with Gasteiger partial charge in [-0.2, -0.15) is 0 Å². The van der Waals surface area contributed by atoms with Crippen LogP contribution in [-0.4, -0.2) is 23.8 Å². The summed E-state index contributed by atoms with van der Waals surface area (Å²) in [7, 11) is 1.56. The first-order chi connectivity index (χ1) is 10.1. The third-order valence-electron chi connectivity index (χ3n) is 2.66. The number of benzene rings is 1. The van der Waals surface area contributed by atoms with E-state index in [1.54, 1.807) is 37.4 Å². The molecule has 2 rings (SSSR count). The Morgan fingerprint density at radius 3 is 2.81 bits per heavy atom. The zero-order valence-corrected chi connectivity index (χ0v) is 12.5. The standard InChI is InChI=1S/C15H15N3O2S/c1-10-17-13(9-21-10)6-7-14(19)18-12-5-3-4-11(8-12)15(20)16-2/h3-9H,1-2H3,(H,16,20)(H,18,19)/b7-6+. The minimum absolute atomic E-state index is 0.195. The molecule has 0 saturated heterocycles. The van der Waals surface area contributed by atoms with E-state index in [1.807, 2.05) is 12.3 Å². The predicted octanol–water partition coefficient (Wildman–Crippen LogP) is 2.46. The molecule has 0 bridgehead atoms. The Bertz CT molecular complexity index is 692. The number of thiazole rings is 1. The molecule has 0 fully saturated rings. The lowest BCUT2D eigenvalue weighted by Crippen LogP contribution is -2.18. The second kappa shape index (κ2) is 6.81. The van der Waals surface area contributed by atoms with Gasteiger partial charge in [-0.25, -0.2) is 4.98 Å². The average Bonchev–Trinajstić information content (AvgIpc) is 2.90. The van der Waals surface area contributed by atoms with Gasteiger partial charge in [0.2, 0.25) is 5.91 Å². The first-order valence-corrected chi connectivity index (χ1v) is 7.20. The van der Waals surface area contributed by atoms with Gasteiger partial charge in [0.05, 0.1) is 10.7 Å². The minimum atomic E-state index is -0.269. The SMILES string of the molecule is CNC(=O)c1cccc(NC(=O)/C=C/c2csc(C)n2)c1. The van der Waals surface area contributed by atoms with Crippen molar-refractivity contribution in [3.63, 3.8) is 0 Å². The summed E-state index contributed by atoms with van der Waals surface area (Å²) >= 11 is 1.53. The molecule has 6 heteroatoms. The van der Waals surface area contributed by atoms with Gasteiger partial charge in [-0.3, -0.25) is 9.59 Å². The van der Waals surface area contributed by atoms with E-state index < -0.39 is 0 Å². The summed E-state index contributed by atoms with van der Waals surface area (Å²) in [6.07, 6.45) is 3.07. The Kier molecular flexibility index (Phi) is 4.84. The van der Waals surface area contributed by atoms with E-state index >= 15 is 0 Å². The quantitative estimate of drug-likeness (QED) is 0.852. The van der Waals surface area contributed by atoms with Crippen molar-refractivity contribution in [1.82, 2.24) is 10.3 Å². The highest BCUT2D eigenvalue weighted by molar-refractivity contribution is 7.09. The molecule has 0 atom stereocenters. The van der Waals surface area contributed by atoms with Crippen molar-refractivity contribution in [2.45, 2.75) is 6.92 Å². The Morgan fingerprint density at radius 1 is 1.33 bits per heavy atom. The summed E-state index contributed by atoms with van der Waals surface area (Å²) in [5.74, 6) is -0.464. The Hall–Kier alpha value is -2.47. The lowest BCUT2D eigenvalue weighted by Gasteiger charge is -2.04. The van der Waals surface area contributed by atoms with E-state index in [1.165, 1.54) is 17.4 Å². The van der Waals surface area contributed by atoms with Crippen molar-refractivity contribution in [2.24, 2.45) is 0 Å². The second-order valence-corrected chi connectivity index (χ2v) is 5.34. The number of carbonyl (C=O) groups is 2. The number of aromatic nitrogens is 1. The number of nitrogens with one attached hydrogen (secondary N) is 2. The molecule has 2 aromatic rings. The zero-order valence-electron chi connectivity index (χ0n) is 11.7. The lowest BCUT2D eigenvalue weighted by molar-refractivity contribution is -0.111. The fraction of sp³-hybridized carbons (Fsp3) is 0.133. The molecule has 1 heterocycles. The number of amides is 2.